The Hall–Kier alpha value is -2.13. The first-order valence-corrected chi connectivity index (χ1v) is 6.90. The predicted molar refractivity (Wildman–Crippen MR) is 79.5 cm³/mol. The first-order valence-electron chi connectivity index (χ1n) is 6.02. The van der Waals surface area contributed by atoms with E-state index in [0.717, 1.165) is 27.6 Å². The first kappa shape index (κ1) is 11.9. The fraction of sp³-hybridized carbons (Fsp3) is 0.0625. The van der Waals surface area contributed by atoms with E-state index < -0.39 is 0 Å². The SMILES string of the molecule is COc1cc(-c2ccccc2)nc(-c2cccs2)c1. The molecule has 0 saturated carbocycles. The number of nitrogens with zero attached hydrogens (tertiary/aromatic N) is 1. The van der Waals surface area contributed by atoms with E-state index in [1.54, 1.807) is 18.4 Å². The number of thiophene rings is 1. The Morgan fingerprint density at radius 3 is 2.42 bits per heavy atom. The molecule has 0 N–H and O–H groups in total. The Bertz CT molecular complexity index is 662. The van der Waals surface area contributed by atoms with Gasteiger partial charge in [-0.3, -0.25) is 0 Å². The fourth-order valence-electron chi connectivity index (χ4n) is 1.93. The molecule has 3 rings (SSSR count). The number of aromatic nitrogens is 1. The molecule has 94 valence electrons. The third-order valence-electron chi connectivity index (χ3n) is 2.88. The number of ether oxygens (including phenoxy) is 1. The lowest BCUT2D eigenvalue weighted by atomic mass is 10.1. The number of methoxy groups -OCH3 is 1. The molecular weight excluding hydrogens is 254 g/mol. The molecular formula is C16H13NOS. The zero-order valence-corrected chi connectivity index (χ0v) is 11.4. The Morgan fingerprint density at radius 2 is 1.74 bits per heavy atom. The van der Waals surface area contributed by atoms with Crippen molar-refractivity contribution in [1.82, 2.24) is 4.98 Å². The van der Waals surface area contributed by atoms with Gasteiger partial charge in [0.15, 0.2) is 0 Å². The van der Waals surface area contributed by atoms with Gasteiger partial charge >= 0.3 is 0 Å². The molecule has 0 fully saturated rings. The van der Waals surface area contributed by atoms with Crippen LogP contribution in [0.4, 0.5) is 0 Å². The monoisotopic (exact) mass is 267 g/mol. The number of benzene rings is 1. The van der Waals surface area contributed by atoms with Gasteiger partial charge in [0.1, 0.15) is 5.75 Å². The van der Waals surface area contributed by atoms with Crippen LogP contribution >= 0.6 is 11.3 Å². The summed E-state index contributed by atoms with van der Waals surface area (Å²) in [7, 11) is 1.68. The van der Waals surface area contributed by atoms with Crippen LogP contribution < -0.4 is 4.74 Å². The van der Waals surface area contributed by atoms with Crippen LogP contribution in [-0.2, 0) is 0 Å². The van der Waals surface area contributed by atoms with Crippen molar-refractivity contribution in [2.75, 3.05) is 7.11 Å². The summed E-state index contributed by atoms with van der Waals surface area (Å²) in [5.74, 6) is 0.831. The van der Waals surface area contributed by atoms with Gasteiger partial charge in [0.2, 0.25) is 0 Å². The summed E-state index contributed by atoms with van der Waals surface area (Å²) in [5.41, 5.74) is 2.98. The van der Waals surface area contributed by atoms with Crippen LogP contribution in [0.3, 0.4) is 0 Å². The summed E-state index contributed by atoms with van der Waals surface area (Å²) in [5, 5.41) is 2.05. The molecule has 0 spiro atoms. The molecule has 0 radical (unpaired) electrons. The molecule has 0 aliphatic rings. The van der Waals surface area contributed by atoms with E-state index in [-0.39, 0.29) is 0 Å². The van der Waals surface area contributed by atoms with E-state index in [1.165, 1.54) is 0 Å². The van der Waals surface area contributed by atoms with Crippen molar-refractivity contribution in [3.8, 4) is 27.6 Å². The molecule has 0 amide bonds. The van der Waals surface area contributed by atoms with Crippen molar-refractivity contribution in [3.63, 3.8) is 0 Å². The Labute approximate surface area is 116 Å². The summed E-state index contributed by atoms with van der Waals surface area (Å²) < 4.78 is 5.38. The minimum absolute atomic E-state index is 0.831. The molecule has 2 aromatic heterocycles. The molecule has 3 aromatic rings. The van der Waals surface area contributed by atoms with Gasteiger partial charge in [-0.05, 0) is 11.4 Å². The van der Waals surface area contributed by atoms with Crippen LogP contribution in [0.5, 0.6) is 5.75 Å². The van der Waals surface area contributed by atoms with Gasteiger partial charge in [0.25, 0.3) is 0 Å². The lowest BCUT2D eigenvalue weighted by Crippen LogP contribution is -1.90. The van der Waals surface area contributed by atoms with Crippen molar-refractivity contribution in [3.05, 3.63) is 60.0 Å². The molecule has 3 heteroatoms. The van der Waals surface area contributed by atoms with Crippen LogP contribution in [0.1, 0.15) is 0 Å². The average molecular weight is 267 g/mol. The highest BCUT2D eigenvalue weighted by Gasteiger charge is 2.07. The lowest BCUT2D eigenvalue weighted by molar-refractivity contribution is 0.414. The van der Waals surface area contributed by atoms with E-state index in [2.05, 4.69) is 23.6 Å². The first-order chi connectivity index (χ1) is 9.36. The second-order valence-corrected chi connectivity index (χ2v) is 5.07. The molecule has 0 unspecified atom stereocenters. The van der Waals surface area contributed by atoms with Gasteiger partial charge in [-0.2, -0.15) is 0 Å². The normalized spacial score (nSPS) is 10.4. The van der Waals surface area contributed by atoms with E-state index in [1.807, 2.05) is 36.4 Å². The molecule has 0 atom stereocenters. The van der Waals surface area contributed by atoms with Crippen LogP contribution in [0.25, 0.3) is 21.8 Å². The smallest absolute Gasteiger partial charge is 0.123 e. The van der Waals surface area contributed by atoms with E-state index >= 15 is 0 Å². The zero-order chi connectivity index (χ0) is 13.1. The van der Waals surface area contributed by atoms with Gasteiger partial charge in [-0.1, -0.05) is 36.4 Å². The van der Waals surface area contributed by atoms with Gasteiger partial charge in [0, 0.05) is 17.7 Å². The minimum Gasteiger partial charge on any atom is -0.497 e. The summed E-state index contributed by atoms with van der Waals surface area (Å²) >= 11 is 1.68. The summed E-state index contributed by atoms with van der Waals surface area (Å²) in [6.45, 7) is 0. The van der Waals surface area contributed by atoms with Gasteiger partial charge in [-0.25, -0.2) is 4.98 Å². The Balaban J connectivity index is 2.13. The zero-order valence-electron chi connectivity index (χ0n) is 10.5. The highest BCUT2D eigenvalue weighted by Crippen LogP contribution is 2.30. The van der Waals surface area contributed by atoms with Gasteiger partial charge < -0.3 is 4.74 Å². The Morgan fingerprint density at radius 1 is 0.947 bits per heavy atom. The maximum atomic E-state index is 5.38. The maximum Gasteiger partial charge on any atom is 0.123 e. The molecule has 0 saturated heterocycles. The highest BCUT2D eigenvalue weighted by molar-refractivity contribution is 7.13. The lowest BCUT2D eigenvalue weighted by Gasteiger charge is -2.07. The van der Waals surface area contributed by atoms with Crippen LogP contribution in [0.15, 0.2) is 60.0 Å². The van der Waals surface area contributed by atoms with Crippen molar-refractivity contribution < 1.29 is 4.74 Å². The van der Waals surface area contributed by atoms with Gasteiger partial charge in [0.05, 0.1) is 23.4 Å². The number of rotatable bonds is 3. The van der Waals surface area contributed by atoms with Crippen LogP contribution in [-0.4, -0.2) is 12.1 Å². The summed E-state index contributed by atoms with van der Waals surface area (Å²) in [6, 6.07) is 18.2. The average Bonchev–Trinajstić information content (AvgIpc) is 3.02. The molecule has 2 nitrogen and oxygen atoms in total. The molecule has 1 aromatic carbocycles. The molecule has 0 aliphatic carbocycles. The van der Waals surface area contributed by atoms with Crippen LogP contribution in [0, 0.1) is 0 Å². The Kier molecular flexibility index (Phi) is 3.29. The summed E-state index contributed by atoms with van der Waals surface area (Å²) in [4.78, 5) is 5.87. The van der Waals surface area contributed by atoms with Crippen molar-refractivity contribution in [1.29, 1.82) is 0 Å². The standard InChI is InChI=1S/C16H13NOS/c1-18-13-10-14(12-6-3-2-4-7-12)17-15(11-13)16-8-5-9-19-16/h2-11H,1H3. The fourth-order valence-corrected chi connectivity index (χ4v) is 2.62. The van der Waals surface area contributed by atoms with Crippen LogP contribution in [0.2, 0.25) is 0 Å². The number of hydrogen-bond donors (Lipinski definition) is 0. The van der Waals surface area contributed by atoms with Crippen molar-refractivity contribution >= 4 is 11.3 Å². The quantitative estimate of drug-likeness (QED) is 0.697. The van der Waals surface area contributed by atoms with E-state index in [9.17, 15) is 0 Å². The molecule has 19 heavy (non-hydrogen) atoms. The minimum atomic E-state index is 0.831. The maximum absolute atomic E-state index is 5.38. The van der Waals surface area contributed by atoms with E-state index in [0.29, 0.717) is 0 Å². The summed E-state index contributed by atoms with van der Waals surface area (Å²) in [6.07, 6.45) is 0. The molecule has 0 bridgehead atoms. The van der Waals surface area contributed by atoms with Crippen molar-refractivity contribution in [2.24, 2.45) is 0 Å². The van der Waals surface area contributed by atoms with E-state index in [4.69, 9.17) is 9.72 Å². The third kappa shape index (κ3) is 2.51. The third-order valence-corrected chi connectivity index (χ3v) is 3.77. The second kappa shape index (κ2) is 5.24. The van der Waals surface area contributed by atoms with Crippen molar-refractivity contribution in [2.45, 2.75) is 0 Å². The highest BCUT2D eigenvalue weighted by atomic mass is 32.1. The van der Waals surface area contributed by atoms with Gasteiger partial charge in [-0.15, -0.1) is 11.3 Å². The second-order valence-electron chi connectivity index (χ2n) is 4.12. The largest absolute Gasteiger partial charge is 0.497 e. The topological polar surface area (TPSA) is 22.1 Å². The molecule has 2 heterocycles. The number of hydrogen-bond acceptors (Lipinski definition) is 3. The number of pyridine rings is 1. The molecule has 0 aliphatic heterocycles. The predicted octanol–water partition coefficient (Wildman–Crippen LogP) is 4.49.